The third-order valence-corrected chi connectivity index (χ3v) is 4.27. The molecule has 1 aromatic carbocycles. The van der Waals surface area contributed by atoms with Crippen molar-refractivity contribution in [1.29, 1.82) is 0 Å². The quantitative estimate of drug-likeness (QED) is 0.520. The Bertz CT molecular complexity index is 651. The van der Waals surface area contributed by atoms with Gasteiger partial charge in [0.25, 0.3) is 5.91 Å². The molecule has 0 aliphatic carbocycles. The van der Waals surface area contributed by atoms with E-state index in [1.54, 1.807) is 30.3 Å². The fourth-order valence-corrected chi connectivity index (χ4v) is 3.16. The summed E-state index contributed by atoms with van der Waals surface area (Å²) in [6.45, 7) is 1.41. The molecule has 1 aliphatic heterocycles. The largest absolute Gasteiger partial charge is 0.480 e. The first-order valence-electron chi connectivity index (χ1n) is 5.99. The van der Waals surface area contributed by atoms with Gasteiger partial charge in [0.05, 0.1) is 4.91 Å². The van der Waals surface area contributed by atoms with Gasteiger partial charge in [0.15, 0.2) is 0 Å². The number of carboxylic acid groups (broad SMARTS) is 1. The van der Waals surface area contributed by atoms with Gasteiger partial charge >= 0.3 is 5.97 Å². The molecule has 108 valence electrons. The van der Waals surface area contributed by atoms with Gasteiger partial charge in [-0.25, -0.2) is 4.79 Å². The number of rotatable bonds is 4. The van der Waals surface area contributed by atoms with Crippen molar-refractivity contribution >= 4 is 52.5 Å². The van der Waals surface area contributed by atoms with Gasteiger partial charge in [0.1, 0.15) is 16.6 Å². The van der Waals surface area contributed by atoms with Crippen LogP contribution in [0.2, 0.25) is 0 Å². The minimum absolute atomic E-state index is 0.227. The highest BCUT2D eigenvalue weighted by Crippen LogP contribution is 2.33. The second kappa shape index (κ2) is 6.19. The predicted octanol–water partition coefficient (Wildman–Crippen LogP) is 2.17. The number of hydrogen-bond donors (Lipinski definition) is 1. The summed E-state index contributed by atoms with van der Waals surface area (Å²) < 4.78 is 0.227. The molecule has 0 aromatic heterocycles. The summed E-state index contributed by atoms with van der Waals surface area (Å²) in [5.74, 6) is -1.53. The first-order chi connectivity index (χ1) is 9.93. The van der Waals surface area contributed by atoms with Crippen molar-refractivity contribution in [3.63, 3.8) is 0 Å². The minimum atomic E-state index is -1.11. The Morgan fingerprint density at radius 1 is 1.33 bits per heavy atom. The Kier molecular flexibility index (Phi) is 4.54. The number of thioether (sulfide) groups is 1. The molecule has 1 atom stereocenters. The van der Waals surface area contributed by atoms with Gasteiger partial charge in [0.2, 0.25) is 0 Å². The lowest BCUT2D eigenvalue weighted by Gasteiger charge is -2.18. The van der Waals surface area contributed by atoms with E-state index in [0.717, 1.165) is 28.5 Å². The van der Waals surface area contributed by atoms with Gasteiger partial charge in [-0.05, 0) is 18.6 Å². The third-order valence-electron chi connectivity index (χ3n) is 2.94. The summed E-state index contributed by atoms with van der Waals surface area (Å²) in [5.41, 5.74) is 1.28. The van der Waals surface area contributed by atoms with Crippen LogP contribution in [-0.2, 0) is 9.59 Å². The van der Waals surface area contributed by atoms with Crippen LogP contribution >= 0.6 is 24.0 Å². The number of aliphatic carboxylic acids is 1. The molecule has 0 spiro atoms. The second-order valence-corrected chi connectivity index (χ2v) is 6.03. The van der Waals surface area contributed by atoms with Gasteiger partial charge in [-0.15, -0.1) is 0 Å². The van der Waals surface area contributed by atoms with E-state index in [9.17, 15) is 14.4 Å². The smallest absolute Gasteiger partial charge is 0.326 e. The van der Waals surface area contributed by atoms with Gasteiger partial charge in [-0.1, -0.05) is 48.2 Å². The highest BCUT2D eigenvalue weighted by atomic mass is 32.2. The molecule has 2 rings (SSSR count). The molecule has 1 heterocycles. The monoisotopic (exact) mass is 321 g/mol. The zero-order valence-corrected chi connectivity index (χ0v) is 12.6. The number of aldehydes is 1. The average molecular weight is 321 g/mol. The molecule has 1 unspecified atom stereocenters. The van der Waals surface area contributed by atoms with Crippen LogP contribution < -0.4 is 0 Å². The number of thiocarbonyl (C=S) groups is 1. The Balaban J connectivity index is 2.27. The Morgan fingerprint density at radius 3 is 2.43 bits per heavy atom. The van der Waals surface area contributed by atoms with E-state index in [-0.39, 0.29) is 4.32 Å². The fraction of sp³-hybridized carbons (Fsp3) is 0.143. The van der Waals surface area contributed by atoms with E-state index < -0.39 is 17.9 Å². The number of carboxylic acids is 1. The van der Waals surface area contributed by atoms with Crippen LogP contribution in [0.15, 0.2) is 29.2 Å². The van der Waals surface area contributed by atoms with E-state index in [1.807, 2.05) is 0 Å². The number of hydrogen-bond acceptors (Lipinski definition) is 5. The van der Waals surface area contributed by atoms with Crippen LogP contribution in [-0.4, -0.2) is 38.5 Å². The summed E-state index contributed by atoms with van der Waals surface area (Å²) in [7, 11) is 0. The Hall–Kier alpha value is -1.99. The summed E-state index contributed by atoms with van der Waals surface area (Å²) in [4.78, 5) is 35.3. The van der Waals surface area contributed by atoms with E-state index in [4.69, 9.17) is 17.3 Å². The molecule has 0 radical (unpaired) electrons. The molecule has 21 heavy (non-hydrogen) atoms. The average Bonchev–Trinajstić information content (AvgIpc) is 2.73. The SMILES string of the molecule is CC(C(=O)O)N1C(=O)/C(=C/c2ccc(C=O)cc2)SC1=S. The van der Waals surface area contributed by atoms with Gasteiger partial charge < -0.3 is 5.11 Å². The van der Waals surface area contributed by atoms with E-state index >= 15 is 0 Å². The lowest BCUT2D eigenvalue weighted by atomic mass is 10.1. The molecule has 1 fully saturated rings. The molecule has 5 nitrogen and oxygen atoms in total. The fourth-order valence-electron chi connectivity index (χ4n) is 1.75. The molecule has 1 aliphatic rings. The van der Waals surface area contributed by atoms with E-state index in [2.05, 4.69) is 0 Å². The number of nitrogens with zero attached hydrogens (tertiary/aromatic N) is 1. The molecule has 1 aromatic rings. The van der Waals surface area contributed by atoms with Gasteiger partial charge in [0, 0.05) is 5.56 Å². The zero-order valence-electron chi connectivity index (χ0n) is 11.0. The van der Waals surface area contributed by atoms with Crippen molar-refractivity contribution in [2.75, 3.05) is 0 Å². The standard InChI is InChI=1S/C14H11NO4S2/c1-8(13(18)19)15-12(17)11(21-14(15)20)6-9-2-4-10(7-16)5-3-9/h2-8H,1H3,(H,18,19)/b11-6-. The van der Waals surface area contributed by atoms with Crippen LogP contribution in [0.25, 0.3) is 6.08 Å². The lowest BCUT2D eigenvalue weighted by molar-refractivity contribution is -0.144. The molecular formula is C14H11NO4S2. The van der Waals surface area contributed by atoms with Crippen molar-refractivity contribution in [2.45, 2.75) is 13.0 Å². The topological polar surface area (TPSA) is 74.7 Å². The Morgan fingerprint density at radius 2 is 1.90 bits per heavy atom. The molecular weight excluding hydrogens is 310 g/mol. The predicted molar refractivity (Wildman–Crippen MR) is 83.9 cm³/mol. The van der Waals surface area contributed by atoms with Crippen molar-refractivity contribution in [1.82, 2.24) is 4.90 Å². The zero-order chi connectivity index (χ0) is 15.6. The maximum Gasteiger partial charge on any atom is 0.326 e. The van der Waals surface area contributed by atoms with Crippen molar-refractivity contribution in [3.05, 3.63) is 40.3 Å². The lowest BCUT2D eigenvalue weighted by Crippen LogP contribution is -2.41. The molecule has 1 amide bonds. The molecule has 0 bridgehead atoms. The number of benzene rings is 1. The second-order valence-electron chi connectivity index (χ2n) is 4.35. The van der Waals surface area contributed by atoms with Crippen LogP contribution in [0.4, 0.5) is 0 Å². The number of carbonyl (C=O) groups excluding carboxylic acids is 2. The number of amides is 1. The molecule has 1 N–H and O–H groups in total. The first-order valence-corrected chi connectivity index (χ1v) is 7.21. The van der Waals surface area contributed by atoms with Crippen molar-refractivity contribution in [2.24, 2.45) is 0 Å². The van der Waals surface area contributed by atoms with Crippen LogP contribution in [0, 0.1) is 0 Å². The van der Waals surface area contributed by atoms with Crippen LogP contribution in [0.3, 0.4) is 0 Å². The van der Waals surface area contributed by atoms with Crippen molar-refractivity contribution < 1.29 is 19.5 Å². The maximum atomic E-state index is 12.2. The van der Waals surface area contributed by atoms with E-state index in [0.29, 0.717) is 10.5 Å². The summed E-state index contributed by atoms with van der Waals surface area (Å²) in [5, 5.41) is 9.00. The summed E-state index contributed by atoms with van der Waals surface area (Å²) in [6.07, 6.45) is 2.36. The van der Waals surface area contributed by atoms with Crippen molar-refractivity contribution in [3.8, 4) is 0 Å². The van der Waals surface area contributed by atoms with Crippen LogP contribution in [0.5, 0.6) is 0 Å². The Labute approximate surface area is 130 Å². The normalized spacial score (nSPS) is 18.1. The molecule has 0 saturated carbocycles. The van der Waals surface area contributed by atoms with Gasteiger partial charge in [-0.2, -0.15) is 0 Å². The summed E-state index contributed by atoms with van der Waals surface area (Å²) >= 11 is 6.13. The summed E-state index contributed by atoms with van der Waals surface area (Å²) in [6, 6.07) is 5.69. The maximum absolute atomic E-state index is 12.2. The van der Waals surface area contributed by atoms with E-state index in [1.165, 1.54) is 6.92 Å². The minimum Gasteiger partial charge on any atom is -0.480 e. The highest BCUT2D eigenvalue weighted by Gasteiger charge is 2.38. The first kappa shape index (κ1) is 15.4. The number of carbonyl (C=O) groups is 3. The molecule has 7 heteroatoms. The van der Waals surface area contributed by atoms with Gasteiger partial charge in [-0.3, -0.25) is 14.5 Å². The van der Waals surface area contributed by atoms with Crippen LogP contribution in [0.1, 0.15) is 22.8 Å². The molecule has 1 saturated heterocycles. The third kappa shape index (κ3) is 3.20. The highest BCUT2D eigenvalue weighted by molar-refractivity contribution is 8.26.